The fraction of sp³-hybridized carbons (Fsp3) is 0.562. The molecule has 1 aliphatic heterocycles. The molecular formula is C16H21N5O2. The monoisotopic (exact) mass is 315 g/mol. The van der Waals surface area contributed by atoms with Crippen LogP contribution in [0.25, 0.3) is 0 Å². The lowest BCUT2D eigenvalue weighted by Crippen LogP contribution is -2.60. The van der Waals surface area contributed by atoms with E-state index >= 15 is 0 Å². The summed E-state index contributed by atoms with van der Waals surface area (Å²) in [6, 6.07) is 2.05. The number of carbonyl (C=O) groups is 1. The number of aromatic nitrogens is 2. The Morgan fingerprint density at radius 2 is 2.13 bits per heavy atom. The van der Waals surface area contributed by atoms with Crippen LogP contribution < -0.4 is 10.6 Å². The molecule has 2 fully saturated rings. The van der Waals surface area contributed by atoms with Gasteiger partial charge < -0.3 is 20.6 Å². The summed E-state index contributed by atoms with van der Waals surface area (Å²) in [6.07, 6.45) is 6.08. The third-order valence-electron chi connectivity index (χ3n) is 5.44. The van der Waals surface area contributed by atoms with Gasteiger partial charge >= 0.3 is 6.09 Å². The van der Waals surface area contributed by atoms with Crippen LogP contribution in [0.2, 0.25) is 0 Å². The maximum Gasteiger partial charge on any atom is 0.407 e. The molecule has 2 aliphatic carbocycles. The van der Waals surface area contributed by atoms with Crippen molar-refractivity contribution < 1.29 is 9.90 Å². The predicted molar refractivity (Wildman–Crippen MR) is 86.3 cm³/mol. The van der Waals surface area contributed by atoms with E-state index in [4.69, 9.17) is 10.8 Å². The predicted octanol–water partition coefficient (Wildman–Crippen LogP) is 1.54. The summed E-state index contributed by atoms with van der Waals surface area (Å²) in [4.78, 5) is 23.2. The molecule has 3 atom stereocenters. The van der Waals surface area contributed by atoms with Crippen LogP contribution in [0.1, 0.15) is 24.5 Å². The summed E-state index contributed by atoms with van der Waals surface area (Å²) >= 11 is 0. The van der Waals surface area contributed by atoms with E-state index in [-0.39, 0.29) is 6.04 Å². The first-order valence-electron chi connectivity index (χ1n) is 8.04. The van der Waals surface area contributed by atoms with Gasteiger partial charge in [0.2, 0.25) is 5.95 Å². The largest absolute Gasteiger partial charge is 0.465 e. The van der Waals surface area contributed by atoms with Crippen molar-refractivity contribution in [1.82, 2.24) is 14.9 Å². The summed E-state index contributed by atoms with van der Waals surface area (Å²) in [5.41, 5.74) is 6.94. The van der Waals surface area contributed by atoms with Crippen molar-refractivity contribution in [3.8, 4) is 0 Å². The number of hydrogen-bond acceptors (Lipinski definition) is 5. The highest BCUT2D eigenvalue weighted by Gasteiger charge is 2.38. The van der Waals surface area contributed by atoms with E-state index in [9.17, 15) is 4.79 Å². The molecule has 0 aromatic carbocycles. The zero-order valence-electron chi connectivity index (χ0n) is 13.1. The minimum Gasteiger partial charge on any atom is -0.465 e. The molecule has 0 spiro atoms. The molecular weight excluding hydrogens is 294 g/mol. The molecule has 1 unspecified atom stereocenters. The van der Waals surface area contributed by atoms with Crippen LogP contribution in [-0.4, -0.2) is 52.2 Å². The second-order valence-electron chi connectivity index (χ2n) is 6.85. The normalized spacial score (nSPS) is 28.9. The fourth-order valence-electron chi connectivity index (χ4n) is 3.99. The highest BCUT2D eigenvalue weighted by molar-refractivity contribution is 5.66. The molecule has 1 amide bonds. The summed E-state index contributed by atoms with van der Waals surface area (Å²) in [5, 5.41) is 9.02. The van der Waals surface area contributed by atoms with Crippen LogP contribution in [0, 0.1) is 11.8 Å². The molecule has 3 aliphatic rings. The minimum atomic E-state index is -0.897. The Hall–Kier alpha value is -2.31. The third-order valence-corrected chi connectivity index (χ3v) is 5.44. The van der Waals surface area contributed by atoms with E-state index < -0.39 is 6.09 Å². The molecule has 0 radical (unpaired) electrons. The molecule has 7 nitrogen and oxygen atoms in total. The van der Waals surface area contributed by atoms with Gasteiger partial charge in [-0.2, -0.15) is 4.98 Å². The van der Waals surface area contributed by atoms with Gasteiger partial charge in [0.05, 0.1) is 11.7 Å². The average molecular weight is 315 g/mol. The lowest BCUT2D eigenvalue weighted by molar-refractivity contribution is 0.129. The van der Waals surface area contributed by atoms with Crippen molar-refractivity contribution in [2.45, 2.75) is 24.8 Å². The van der Waals surface area contributed by atoms with Gasteiger partial charge in [0.1, 0.15) is 5.82 Å². The first kappa shape index (κ1) is 14.3. The minimum absolute atomic E-state index is 0.0116. The Bertz CT molecular complexity index is 670. The number of likely N-dealkylation sites (N-methyl/N-ethyl adjacent to an activating group) is 1. The van der Waals surface area contributed by atoms with E-state index in [0.29, 0.717) is 36.8 Å². The summed E-state index contributed by atoms with van der Waals surface area (Å²) in [7, 11) is 1.60. The maximum atomic E-state index is 11.0. The molecule has 4 rings (SSSR count). The highest BCUT2D eigenvalue weighted by atomic mass is 16.4. The van der Waals surface area contributed by atoms with Crippen molar-refractivity contribution in [1.29, 1.82) is 0 Å². The lowest BCUT2D eigenvalue weighted by Gasteiger charge is -2.43. The van der Waals surface area contributed by atoms with Crippen LogP contribution in [0.4, 0.5) is 16.6 Å². The smallest absolute Gasteiger partial charge is 0.407 e. The van der Waals surface area contributed by atoms with Crippen molar-refractivity contribution in [2.75, 3.05) is 30.8 Å². The Morgan fingerprint density at radius 1 is 1.35 bits per heavy atom. The summed E-state index contributed by atoms with van der Waals surface area (Å²) < 4.78 is 0. The number of carboxylic acid groups (broad SMARTS) is 1. The number of hydrogen-bond donors (Lipinski definition) is 2. The van der Waals surface area contributed by atoms with Crippen LogP contribution in [0.15, 0.2) is 18.2 Å². The standard InChI is InChI=1S/C16H21N5O2/c1-20(16(22)23)11-7-21(8-11)14-6-13(18-15(17)19-14)12-5-9-2-3-10(12)4-9/h2-3,6,9-12H,4-5,7-8H2,1H3,(H,22,23)(H2,17,18,19)/t9-,10+,12?/m0/s1. The van der Waals surface area contributed by atoms with Crippen molar-refractivity contribution in [3.05, 3.63) is 23.9 Å². The molecule has 23 heavy (non-hydrogen) atoms. The second kappa shape index (κ2) is 5.11. The van der Waals surface area contributed by atoms with Gasteiger partial charge in [0, 0.05) is 32.1 Å². The highest BCUT2D eigenvalue weighted by Crippen LogP contribution is 2.48. The van der Waals surface area contributed by atoms with Crippen molar-refractivity contribution >= 4 is 17.9 Å². The molecule has 3 N–H and O–H groups in total. The molecule has 2 heterocycles. The number of nitrogens with two attached hydrogens (primary N) is 1. The Balaban J connectivity index is 1.50. The third kappa shape index (κ3) is 2.40. The molecule has 1 aromatic rings. The van der Waals surface area contributed by atoms with Crippen LogP contribution >= 0.6 is 0 Å². The SMILES string of the molecule is CN(C(=O)O)C1CN(c2cc(C3C[C@H]4C=C[C@@H]3C4)nc(N)n2)C1. The van der Waals surface area contributed by atoms with E-state index in [1.165, 1.54) is 11.3 Å². The summed E-state index contributed by atoms with van der Waals surface area (Å²) in [5.74, 6) is 2.81. The summed E-state index contributed by atoms with van der Waals surface area (Å²) in [6.45, 7) is 1.30. The van der Waals surface area contributed by atoms with Gasteiger partial charge in [-0.25, -0.2) is 9.78 Å². The number of allylic oxidation sites excluding steroid dienone is 2. The van der Waals surface area contributed by atoms with Gasteiger partial charge in [0.25, 0.3) is 0 Å². The van der Waals surface area contributed by atoms with Gasteiger partial charge in [-0.05, 0) is 24.7 Å². The first-order valence-corrected chi connectivity index (χ1v) is 8.04. The number of amides is 1. The van der Waals surface area contributed by atoms with Gasteiger partial charge in [-0.3, -0.25) is 0 Å². The van der Waals surface area contributed by atoms with E-state index in [1.54, 1.807) is 7.05 Å². The van der Waals surface area contributed by atoms with Gasteiger partial charge in [-0.15, -0.1) is 0 Å². The maximum absolute atomic E-state index is 11.0. The van der Waals surface area contributed by atoms with E-state index in [1.807, 2.05) is 6.07 Å². The molecule has 122 valence electrons. The van der Waals surface area contributed by atoms with Crippen LogP contribution in [0.3, 0.4) is 0 Å². The molecule has 2 bridgehead atoms. The van der Waals surface area contributed by atoms with Gasteiger partial charge in [-0.1, -0.05) is 12.2 Å². The Morgan fingerprint density at radius 3 is 2.74 bits per heavy atom. The van der Waals surface area contributed by atoms with Crippen LogP contribution in [0.5, 0.6) is 0 Å². The number of anilines is 2. The van der Waals surface area contributed by atoms with E-state index in [0.717, 1.165) is 17.9 Å². The zero-order valence-corrected chi connectivity index (χ0v) is 13.1. The Labute approximate surface area is 134 Å². The molecule has 1 saturated carbocycles. The van der Waals surface area contributed by atoms with Crippen LogP contribution in [-0.2, 0) is 0 Å². The van der Waals surface area contributed by atoms with E-state index in [2.05, 4.69) is 27.0 Å². The molecule has 7 heteroatoms. The Kier molecular flexibility index (Phi) is 3.18. The average Bonchev–Trinajstić information content (AvgIpc) is 3.07. The topological polar surface area (TPSA) is 95.6 Å². The van der Waals surface area contributed by atoms with Crippen molar-refractivity contribution in [3.63, 3.8) is 0 Å². The zero-order chi connectivity index (χ0) is 16.1. The van der Waals surface area contributed by atoms with Gasteiger partial charge in [0.15, 0.2) is 0 Å². The number of fused-ring (bicyclic) bond motifs is 2. The number of nitrogen functional groups attached to an aromatic ring is 1. The first-order chi connectivity index (χ1) is 11.0. The molecule has 1 saturated heterocycles. The molecule has 1 aromatic heterocycles. The fourth-order valence-corrected chi connectivity index (χ4v) is 3.99. The van der Waals surface area contributed by atoms with Crippen molar-refractivity contribution in [2.24, 2.45) is 11.8 Å². The number of nitrogens with zero attached hydrogens (tertiary/aromatic N) is 4. The quantitative estimate of drug-likeness (QED) is 0.821. The second-order valence-corrected chi connectivity index (χ2v) is 6.85. The number of rotatable bonds is 3. The lowest BCUT2D eigenvalue weighted by atomic mass is 9.90.